The number of nitrogens with one attached hydrogen (secondary N) is 1. The second-order valence-electron chi connectivity index (χ2n) is 8.14. The smallest absolute Gasteiger partial charge is 0.338 e. The minimum absolute atomic E-state index is 0.140. The summed E-state index contributed by atoms with van der Waals surface area (Å²) in [6.45, 7) is 8.05. The predicted molar refractivity (Wildman–Crippen MR) is 111 cm³/mol. The number of benzene rings is 1. The molecule has 0 bridgehead atoms. The summed E-state index contributed by atoms with van der Waals surface area (Å²) in [5, 5.41) is 6.91. The van der Waals surface area contributed by atoms with Crippen LogP contribution in [-0.2, 0) is 16.1 Å². The topological polar surface area (TPSA) is 90.7 Å². The maximum Gasteiger partial charge on any atom is 0.338 e. The monoisotopic (exact) mass is 414 g/mol. The number of amides is 1. The summed E-state index contributed by atoms with van der Waals surface area (Å²) in [5.74, 6) is 1.41. The van der Waals surface area contributed by atoms with E-state index in [1.165, 1.54) is 6.42 Å². The number of ether oxygens (including phenoxy) is 2. The Balaban J connectivity index is 1.50. The average molecular weight is 415 g/mol. The van der Waals surface area contributed by atoms with Gasteiger partial charge in [0.05, 0.1) is 16.8 Å². The minimum Gasteiger partial charge on any atom is -0.489 e. The van der Waals surface area contributed by atoms with Crippen LogP contribution < -0.4 is 10.1 Å². The highest BCUT2D eigenvalue weighted by molar-refractivity contribution is 5.91. The van der Waals surface area contributed by atoms with Crippen molar-refractivity contribution in [3.05, 3.63) is 46.8 Å². The fraction of sp³-hybridized carbons (Fsp3) is 0.522. The molecule has 1 heterocycles. The molecule has 1 saturated carbocycles. The Morgan fingerprint density at radius 3 is 2.77 bits per heavy atom. The third-order valence-electron chi connectivity index (χ3n) is 6.02. The minimum atomic E-state index is -0.557. The average Bonchev–Trinajstić information content (AvgIpc) is 3.05. The quantitative estimate of drug-likeness (QED) is 0.690. The summed E-state index contributed by atoms with van der Waals surface area (Å²) < 4.78 is 16.1. The highest BCUT2D eigenvalue weighted by Crippen LogP contribution is 2.29. The number of carbonyl (C=O) groups excluding carboxylic acids is 2. The Morgan fingerprint density at radius 1 is 1.23 bits per heavy atom. The molecule has 0 unspecified atom stereocenters. The fourth-order valence-corrected chi connectivity index (χ4v) is 3.82. The first-order valence-corrected chi connectivity index (χ1v) is 10.5. The van der Waals surface area contributed by atoms with Crippen molar-refractivity contribution in [1.82, 2.24) is 10.5 Å². The van der Waals surface area contributed by atoms with E-state index in [4.69, 9.17) is 14.0 Å². The number of rotatable bonds is 7. The van der Waals surface area contributed by atoms with Gasteiger partial charge in [-0.1, -0.05) is 37.9 Å². The molecule has 30 heavy (non-hydrogen) atoms. The number of nitrogens with zero attached hydrogens (tertiary/aromatic N) is 1. The van der Waals surface area contributed by atoms with Crippen LogP contribution in [0, 0.1) is 25.7 Å². The lowest BCUT2D eigenvalue weighted by Crippen LogP contribution is -2.45. The summed E-state index contributed by atoms with van der Waals surface area (Å²) in [4.78, 5) is 24.6. The fourth-order valence-electron chi connectivity index (χ4n) is 3.82. The largest absolute Gasteiger partial charge is 0.489 e. The Kier molecular flexibility index (Phi) is 7.13. The molecule has 1 aromatic carbocycles. The van der Waals surface area contributed by atoms with Gasteiger partial charge in [-0.25, -0.2) is 4.79 Å². The van der Waals surface area contributed by atoms with E-state index in [2.05, 4.69) is 24.3 Å². The highest BCUT2D eigenvalue weighted by atomic mass is 16.5. The number of esters is 1. The molecule has 1 aliphatic rings. The molecule has 1 aromatic heterocycles. The van der Waals surface area contributed by atoms with Gasteiger partial charge in [0.1, 0.15) is 18.1 Å². The predicted octanol–water partition coefficient (Wildman–Crippen LogP) is 3.97. The maximum atomic E-state index is 12.4. The molecular formula is C23H30N2O5. The lowest BCUT2D eigenvalue weighted by atomic mass is 9.78. The molecule has 7 heteroatoms. The molecule has 1 fully saturated rings. The van der Waals surface area contributed by atoms with Crippen LogP contribution in [0.5, 0.6) is 5.75 Å². The van der Waals surface area contributed by atoms with Crippen molar-refractivity contribution >= 4 is 11.9 Å². The van der Waals surface area contributed by atoms with Gasteiger partial charge in [-0.15, -0.1) is 0 Å². The Labute approximate surface area is 177 Å². The van der Waals surface area contributed by atoms with E-state index in [0.717, 1.165) is 24.1 Å². The van der Waals surface area contributed by atoms with Gasteiger partial charge in [0.25, 0.3) is 5.91 Å². The van der Waals surface area contributed by atoms with Gasteiger partial charge in [0, 0.05) is 6.04 Å². The molecule has 3 atom stereocenters. The Morgan fingerprint density at radius 2 is 2.03 bits per heavy atom. The molecule has 3 rings (SSSR count). The maximum absolute atomic E-state index is 12.4. The zero-order chi connectivity index (χ0) is 21.7. The number of aryl methyl sites for hydroxylation is 2. The molecule has 0 radical (unpaired) electrons. The van der Waals surface area contributed by atoms with Crippen molar-refractivity contribution in [3.63, 3.8) is 0 Å². The third kappa shape index (κ3) is 5.40. The van der Waals surface area contributed by atoms with Crippen LogP contribution in [0.25, 0.3) is 0 Å². The second-order valence-corrected chi connectivity index (χ2v) is 8.14. The number of hydrogen-bond acceptors (Lipinski definition) is 6. The number of carbonyl (C=O) groups is 2. The van der Waals surface area contributed by atoms with Gasteiger partial charge in [-0.3, -0.25) is 4.79 Å². The molecule has 1 amide bonds. The lowest BCUT2D eigenvalue weighted by molar-refractivity contribution is -0.125. The van der Waals surface area contributed by atoms with Gasteiger partial charge >= 0.3 is 5.97 Å². The SMILES string of the molecule is Cc1noc(C)c1COc1cccc(C(=O)OCC(=O)N[C@H]2CCC[C@H](C)[C@@H]2C)c1. The molecule has 0 spiro atoms. The molecule has 7 nitrogen and oxygen atoms in total. The van der Waals surface area contributed by atoms with Crippen LogP contribution in [0.15, 0.2) is 28.8 Å². The molecule has 0 aliphatic heterocycles. The van der Waals surface area contributed by atoms with Crippen molar-refractivity contribution in [1.29, 1.82) is 0 Å². The summed E-state index contributed by atoms with van der Waals surface area (Å²) in [6, 6.07) is 6.84. The van der Waals surface area contributed by atoms with Gasteiger partial charge in [-0.05, 0) is 50.3 Å². The first-order chi connectivity index (χ1) is 14.3. The van der Waals surface area contributed by atoms with E-state index in [-0.39, 0.29) is 18.6 Å². The van der Waals surface area contributed by atoms with Gasteiger partial charge in [-0.2, -0.15) is 0 Å². The molecule has 162 valence electrons. The summed E-state index contributed by atoms with van der Waals surface area (Å²) >= 11 is 0. The van der Waals surface area contributed by atoms with E-state index in [1.807, 2.05) is 13.8 Å². The van der Waals surface area contributed by atoms with Crippen LogP contribution in [-0.4, -0.2) is 29.7 Å². The normalized spacial score (nSPS) is 21.1. The van der Waals surface area contributed by atoms with Crippen LogP contribution in [0.4, 0.5) is 0 Å². The summed E-state index contributed by atoms with van der Waals surface area (Å²) in [6.07, 6.45) is 3.27. The van der Waals surface area contributed by atoms with Crippen molar-refractivity contribution in [2.24, 2.45) is 11.8 Å². The van der Waals surface area contributed by atoms with E-state index in [9.17, 15) is 9.59 Å². The zero-order valence-corrected chi connectivity index (χ0v) is 18.1. The van der Waals surface area contributed by atoms with E-state index >= 15 is 0 Å². The molecule has 0 saturated heterocycles. The third-order valence-corrected chi connectivity index (χ3v) is 6.02. The van der Waals surface area contributed by atoms with Crippen molar-refractivity contribution in [3.8, 4) is 5.75 Å². The zero-order valence-electron chi connectivity index (χ0n) is 18.1. The van der Waals surface area contributed by atoms with Crippen LogP contribution in [0.3, 0.4) is 0 Å². The van der Waals surface area contributed by atoms with Gasteiger partial charge in [0.2, 0.25) is 0 Å². The molecule has 2 aromatic rings. The van der Waals surface area contributed by atoms with Crippen LogP contribution >= 0.6 is 0 Å². The first kappa shape index (κ1) is 21.9. The van der Waals surface area contributed by atoms with Gasteiger partial charge in [0.15, 0.2) is 6.61 Å². The van der Waals surface area contributed by atoms with E-state index < -0.39 is 5.97 Å². The van der Waals surface area contributed by atoms with Crippen LogP contribution in [0.2, 0.25) is 0 Å². The van der Waals surface area contributed by atoms with Gasteiger partial charge < -0.3 is 19.3 Å². The highest BCUT2D eigenvalue weighted by Gasteiger charge is 2.28. The Bertz CT molecular complexity index is 872. The number of hydrogen-bond donors (Lipinski definition) is 1. The summed E-state index contributed by atoms with van der Waals surface area (Å²) in [5.41, 5.74) is 1.99. The Hall–Kier alpha value is -2.83. The van der Waals surface area contributed by atoms with E-state index in [0.29, 0.717) is 35.5 Å². The van der Waals surface area contributed by atoms with Crippen molar-refractivity contribution < 1.29 is 23.6 Å². The molecule has 1 N–H and O–H groups in total. The second kappa shape index (κ2) is 9.78. The van der Waals surface area contributed by atoms with Crippen LogP contribution in [0.1, 0.15) is 60.5 Å². The van der Waals surface area contributed by atoms with Crippen molar-refractivity contribution in [2.75, 3.05) is 6.61 Å². The summed E-state index contributed by atoms with van der Waals surface area (Å²) in [7, 11) is 0. The van der Waals surface area contributed by atoms with E-state index in [1.54, 1.807) is 24.3 Å². The standard InChI is InChI=1S/C23H30N2O5/c1-14-7-5-10-21(15(14)2)24-22(26)13-29-23(27)18-8-6-9-19(11-18)28-12-20-16(3)25-30-17(20)4/h6,8-9,11,14-15,21H,5,7,10,12-13H2,1-4H3,(H,24,26)/t14-,15-,21-/m0/s1. The van der Waals surface area contributed by atoms with Crippen molar-refractivity contribution in [2.45, 2.75) is 59.6 Å². The number of aromatic nitrogens is 1. The molecular weight excluding hydrogens is 384 g/mol. The lowest BCUT2D eigenvalue weighted by Gasteiger charge is -2.34. The molecule has 1 aliphatic carbocycles. The first-order valence-electron chi connectivity index (χ1n) is 10.5.